The van der Waals surface area contributed by atoms with Crippen molar-refractivity contribution in [1.82, 2.24) is 24.7 Å². The zero-order valence-electron chi connectivity index (χ0n) is 13.2. The molecule has 3 aromatic heterocycles. The highest BCUT2D eigenvalue weighted by atomic mass is 79.9. The van der Waals surface area contributed by atoms with Crippen LogP contribution in [0.1, 0.15) is 30.0 Å². The molecule has 0 radical (unpaired) electrons. The van der Waals surface area contributed by atoms with Gasteiger partial charge in [-0.25, -0.2) is 9.97 Å². The van der Waals surface area contributed by atoms with Gasteiger partial charge in [0.25, 0.3) is 0 Å². The molecule has 0 aliphatic carbocycles. The number of nitrogens with one attached hydrogen (secondary N) is 2. The molecule has 124 valence electrons. The highest BCUT2D eigenvalue weighted by Gasteiger charge is 2.19. The standard InChI is InChI=1S/C17H19BrN6/c18-15-10-22-17-16(21-8-12-3-1-5-19-7-12)23-14(11-24(15)17)13-4-2-6-20-9-13/h1,3,5,7,10-11,13,20H,2,4,6,8-9H2,(H,21,23). The highest BCUT2D eigenvalue weighted by Crippen LogP contribution is 2.26. The third kappa shape index (κ3) is 3.14. The third-order valence-electron chi connectivity index (χ3n) is 4.36. The van der Waals surface area contributed by atoms with E-state index in [1.807, 2.05) is 24.5 Å². The molecule has 0 aromatic carbocycles. The molecule has 2 N–H and O–H groups in total. The fourth-order valence-corrected chi connectivity index (χ4v) is 3.46. The summed E-state index contributed by atoms with van der Waals surface area (Å²) in [6.07, 6.45) is 9.91. The van der Waals surface area contributed by atoms with Gasteiger partial charge in [0.1, 0.15) is 4.60 Å². The van der Waals surface area contributed by atoms with E-state index in [9.17, 15) is 0 Å². The maximum absolute atomic E-state index is 4.88. The first-order valence-corrected chi connectivity index (χ1v) is 8.97. The second kappa shape index (κ2) is 6.86. The number of fused-ring (bicyclic) bond motifs is 1. The molecule has 4 heterocycles. The maximum Gasteiger partial charge on any atom is 0.181 e. The van der Waals surface area contributed by atoms with Gasteiger partial charge in [-0.3, -0.25) is 9.38 Å². The summed E-state index contributed by atoms with van der Waals surface area (Å²) in [7, 11) is 0. The Morgan fingerprint density at radius 3 is 3.12 bits per heavy atom. The van der Waals surface area contributed by atoms with Crippen LogP contribution < -0.4 is 10.6 Å². The molecule has 6 nitrogen and oxygen atoms in total. The Hall–Kier alpha value is -1.99. The van der Waals surface area contributed by atoms with E-state index < -0.39 is 0 Å². The Morgan fingerprint density at radius 1 is 1.38 bits per heavy atom. The summed E-state index contributed by atoms with van der Waals surface area (Å²) in [5.41, 5.74) is 3.05. The largest absolute Gasteiger partial charge is 0.363 e. The van der Waals surface area contributed by atoms with Crippen molar-refractivity contribution in [1.29, 1.82) is 0 Å². The van der Waals surface area contributed by atoms with Crippen LogP contribution in [0.15, 0.2) is 41.5 Å². The molecule has 0 saturated carbocycles. The Labute approximate surface area is 148 Å². The van der Waals surface area contributed by atoms with Crippen LogP contribution in [0.25, 0.3) is 5.65 Å². The number of piperidine rings is 1. The molecule has 1 saturated heterocycles. The summed E-state index contributed by atoms with van der Waals surface area (Å²) in [6.45, 7) is 2.75. The van der Waals surface area contributed by atoms with Gasteiger partial charge in [0.2, 0.25) is 0 Å². The Kier molecular flexibility index (Phi) is 4.44. The van der Waals surface area contributed by atoms with Gasteiger partial charge in [0.15, 0.2) is 11.5 Å². The number of hydrogen-bond donors (Lipinski definition) is 2. The molecule has 3 aromatic rings. The Balaban J connectivity index is 1.67. The summed E-state index contributed by atoms with van der Waals surface area (Å²) in [6, 6.07) is 3.99. The molecule has 0 spiro atoms. The fraction of sp³-hybridized carbons (Fsp3) is 0.353. The summed E-state index contributed by atoms with van der Waals surface area (Å²) in [4.78, 5) is 13.5. The smallest absolute Gasteiger partial charge is 0.181 e. The van der Waals surface area contributed by atoms with Crippen LogP contribution in [0, 0.1) is 0 Å². The summed E-state index contributed by atoms with van der Waals surface area (Å²) < 4.78 is 3.00. The summed E-state index contributed by atoms with van der Waals surface area (Å²) in [5.74, 6) is 1.25. The Morgan fingerprint density at radius 2 is 2.33 bits per heavy atom. The normalized spacial score (nSPS) is 18.0. The molecule has 1 aliphatic rings. The first-order chi connectivity index (χ1) is 11.8. The van der Waals surface area contributed by atoms with Crippen molar-refractivity contribution in [3.63, 3.8) is 0 Å². The number of rotatable bonds is 4. The van der Waals surface area contributed by atoms with Crippen molar-refractivity contribution in [3.8, 4) is 0 Å². The molecular formula is C17H19BrN6. The van der Waals surface area contributed by atoms with Crippen LogP contribution in [0.2, 0.25) is 0 Å². The van der Waals surface area contributed by atoms with Gasteiger partial charge >= 0.3 is 0 Å². The number of pyridine rings is 1. The van der Waals surface area contributed by atoms with Gasteiger partial charge in [0, 0.05) is 37.6 Å². The molecule has 4 rings (SSSR count). The van der Waals surface area contributed by atoms with Crippen LogP contribution in [0.5, 0.6) is 0 Å². The topological polar surface area (TPSA) is 67.1 Å². The van der Waals surface area contributed by atoms with Crippen molar-refractivity contribution in [2.75, 3.05) is 18.4 Å². The number of hydrogen-bond acceptors (Lipinski definition) is 5. The van der Waals surface area contributed by atoms with Crippen molar-refractivity contribution in [3.05, 3.63) is 52.8 Å². The maximum atomic E-state index is 4.88. The van der Waals surface area contributed by atoms with E-state index in [1.54, 1.807) is 6.20 Å². The average molecular weight is 387 g/mol. The van der Waals surface area contributed by atoms with E-state index in [-0.39, 0.29) is 0 Å². The number of imidazole rings is 1. The predicted molar refractivity (Wildman–Crippen MR) is 97.1 cm³/mol. The van der Waals surface area contributed by atoms with Crippen LogP contribution >= 0.6 is 15.9 Å². The third-order valence-corrected chi connectivity index (χ3v) is 4.95. The van der Waals surface area contributed by atoms with Crippen molar-refractivity contribution in [2.45, 2.75) is 25.3 Å². The second-order valence-electron chi connectivity index (χ2n) is 6.05. The van der Waals surface area contributed by atoms with Crippen LogP contribution in [0.3, 0.4) is 0 Å². The van der Waals surface area contributed by atoms with E-state index in [0.717, 1.165) is 40.4 Å². The van der Waals surface area contributed by atoms with Gasteiger partial charge in [-0.1, -0.05) is 6.07 Å². The van der Waals surface area contributed by atoms with Crippen molar-refractivity contribution in [2.24, 2.45) is 0 Å². The Bertz CT molecular complexity index is 826. The number of anilines is 1. The lowest BCUT2D eigenvalue weighted by Gasteiger charge is -2.23. The summed E-state index contributed by atoms with van der Waals surface area (Å²) in [5, 5.41) is 6.88. The molecule has 0 amide bonds. The quantitative estimate of drug-likeness (QED) is 0.721. The molecule has 1 unspecified atom stereocenters. The lowest BCUT2D eigenvalue weighted by Crippen LogP contribution is -2.29. The SMILES string of the molecule is Brc1cnc2c(NCc3cccnc3)nc(C3CCCNC3)cn12. The lowest BCUT2D eigenvalue weighted by atomic mass is 9.96. The molecule has 1 fully saturated rings. The van der Waals surface area contributed by atoms with Crippen LogP contribution in [-0.4, -0.2) is 32.4 Å². The zero-order valence-corrected chi connectivity index (χ0v) is 14.8. The van der Waals surface area contributed by atoms with Crippen molar-refractivity contribution < 1.29 is 0 Å². The first kappa shape index (κ1) is 15.5. The monoisotopic (exact) mass is 386 g/mol. The van der Waals surface area contributed by atoms with Gasteiger partial charge in [0.05, 0.1) is 11.9 Å². The molecule has 1 aliphatic heterocycles. The molecule has 7 heteroatoms. The molecule has 0 bridgehead atoms. The average Bonchev–Trinajstić information content (AvgIpc) is 3.02. The zero-order chi connectivity index (χ0) is 16.4. The first-order valence-electron chi connectivity index (χ1n) is 8.18. The number of halogens is 1. The number of nitrogens with zero attached hydrogens (tertiary/aromatic N) is 4. The van der Waals surface area contributed by atoms with Gasteiger partial charge in [-0.05, 0) is 46.9 Å². The predicted octanol–water partition coefficient (Wildman–Crippen LogP) is 2.97. The van der Waals surface area contributed by atoms with E-state index in [4.69, 9.17) is 4.98 Å². The van der Waals surface area contributed by atoms with Crippen LogP contribution in [-0.2, 0) is 6.54 Å². The number of aromatic nitrogens is 4. The molecule has 24 heavy (non-hydrogen) atoms. The van der Waals surface area contributed by atoms with E-state index in [1.165, 1.54) is 12.8 Å². The minimum atomic E-state index is 0.441. The molecule has 1 atom stereocenters. The molecular weight excluding hydrogens is 368 g/mol. The second-order valence-corrected chi connectivity index (χ2v) is 6.86. The van der Waals surface area contributed by atoms with Gasteiger partial charge < -0.3 is 10.6 Å². The fourth-order valence-electron chi connectivity index (χ4n) is 3.09. The van der Waals surface area contributed by atoms with E-state index in [0.29, 0.717) is 12.5 Å². The summed E-state index contributed by atoms with van der Waals surface area (Å²) >= 11 is 3.57. The van der Waals surface area contributed by atoms with Crippen molar-refractivity contribution >= 4 is 27.4 Å². The van der Waals surface area contributed by atoms with Crippen LogP contribution in [0.4, 0.5) is 5.82 Å². The lowest BCUT2D eigenvalue weighted by molar-refractivity contribution is 0.453. The van der Waals surface area contributed by atoms with E-state index >= 15 is 0 Å². The highest BCUT2D eigenvalue weighted by molar-refractivity contribution is 9.10. The van der Waals surface area contributed by atoms with E-state index in [2.05, 4.69) is 47.1 Å². The van der Waals surface area contributed by atoms with Gasteiger partial charge in [-0.2, -0.15) is 0 Å². The van der Waals surface area contributed by atoms with Gasteiger partial charge in [-0.15, -0.1) is 0 Å². The minimum absolute atomic E-state index is 0.441. The minimum Gasteiger partial charge on any atom is -0.363 e.